The van der Waals surface area contributed by atoms with Crippen molar-refractivity contribution in [3.8, 4) is 0 Å². The quantitative estimate of drug-likeness (QED) is 0.418. The second-order valence-electron chi connectivity index (χ2n) is 5.14. The number of carbonyl (C=O) groups is 4. The SMILES string of the molecule is O=C1CCCC(C(=O)N2C(=O)c3ccccc3S2(=O)=O)C1=O. The average molecular weight is 321 g/mol. The van der Waals surface area contributed by atoms with E-state index in [-0.39, 0.29) is 27.6 Å². The molecule has 0 saturated heterocycles. The number of rotatable bonds is 1. The minimum Gasteiger partial charge on any atom is -0.291 e. The lowest BCUT2D eigenvalue weighted by atomic mass is 9.86. The average Bonchev–Trinajstić information content (AvgIpc) is 2.69. The number of hydrogen-bond donors (Lipinski definition) is 0. The van der Waals surface area contributed by atoms with E-state index in [1.54, 1.807) is 0 Å². The first-order valence-electron chi connectivity index (χ1n) is 6.65. The highest BCUT2D eigenvalue weighted by molar-refractivity contribution is 7.90. The summed E-state index contributed by atoms with van der Waals surface area (Å²) in [5, 5.41) is 0. The molecule has 1 unspecified atom stereocenters. The van der Waals surface area contributed by atoms with Gasteiger partial charge in [0.05, 0.1) is 5.56 Å². The lowest BCUT2D eigenvalue weighted by Gasteiger charge is -2.22. The van der Waals surface area contributed by atoms with E-state index in [1.165, 1.54) is 24.3 Å². The van der Waals surface area contributed by atoms with Gasteiger partial charge in [0.2, 0.25) is 5.78 Å². The maximum Gasteiger partial charge on any atom is 0.276 e. The molecule has 8 heteroatoms. The Balaban J connectivity index is 2.03. The normalized spacial score (nSPS) is 23.5. The summed E-state index contributed by atoms with van der Waals surface area (Å²) in [5.41, 5.74) is -0.106. The predicted octanol–water partition coefficient (Wildman–Crippen LogP) is 0.296. The molecule has 3 rings (SSSR count). The van der Waals surface area contributed by atoms with Crippen LogP contribution >= 0.6 is 0 Å². The molecular formula is C14H11NO6S. The molecule has 0 aromatic heterocycles. The fourth-order valence-corrected chi connectivity index (χ4v) is 4.26. The monoisotopic (exact) mass is 321 g/mol. The number of nitrogens with zero attached hydrogens (tertiary/aromatic N) is 1. The molecule has 1 aliphatic carbocycles. The third kappa shape index (κ3) is 1.91. The first-order valence-corrected chi connectivity index (χ1v) is 8.09. The van der Waals surface area contributed by atoms with E-state index < -0.39 is 39.3 Å². The highest BCUT2D eigenvalue weighted by atomic mass is 32.2. The zero-order valence-electron chi connectivity index (χ0n) is 11.3. The number of hydrogen-bond acceptors (Lipinski definition) is 6. The number of fused-ring (bicyclic) bond motifs is 1. The standard InChI is InChI=1S/C14H11NO6S/c16-10-6-3-5-9(12(10)17)14(19)15-13(18)8-4-1-2-7-11(8)22(15,20)21/h1-2,4,7,9H,3,5-6H2. The molecule has 22 heavy (non-hydrogen) atoms. The van der Waals surface area contributed by atoms with E-state index in [4.69, 9.17) is 0 Å². The summed E-state index contributed by atoms with van der Waals surface area (Å²) in [5.74, 6) is -5.14. The molecule has 1 aromatic rings. The van der Waals surface area contributed by atoms with E-state index in [2.05, 4.69) is 0 Å². The summed E-state index contributed by atoms with van der Waals surface area (Å²) in [7, 11) is -4.31. The maximum atomic E-state index is 12.4. The Morgan fingerprint density at radius 1 is 1.14 bits per heavy atom. The third-order valence-corrected chi connectivity index (χ3v) is 5.54. The zero-order valence-corrected chi connectivity index (χ0v) is 12.1. The van der Waals surface area contributed by atoms with Crippen LogP contribution in [0.2, 0.25) is 0 Å². The molecule has 2 amide bonds. The lowest BCUT2D eigenvalue weighted by Crippen LogP contribution is -2.45. The van der Waals surface area contributed by atoms with Crippen molar-refractivity contribution in [3.05, 3.63) is 29.8 Å². The summed E-state index contributed by atoms with van der Waals surface area (Å²) in [6, 6.07) is 5.45. The Bertz CT molecular complexity index is 825. The Labute approximate surface area is 126 Å². The molecule has 0 bridgehead atoms. The van der Waals surface area contributed by atoms with Crippen LogP contribution < -0.4 is 0 Å². The van der Waals surface area contributed by atoms with Gasteiger partial charge in [0, 0.05) is 6.42 Å². The number of sulfonamides is 1. The van der Waals surface area contributed by atoms with Crippen molar-refractivity contribution in [2.45, 2.75) is 24.2 Å². The van der Waals surface area contributed by atoms with Crippen LogP contribution in [0.4, 0.5) is 0 Å². The van der Waals surface area contributed by atoms with Crippen molar-refractivity contribution >= 4 is 33.4 Å². The van der Waals surface area contributed by atoms with Crippen LogP contribution in [0.5, 0.6) is 0 Å². The number of imide groups is 1. The lowest BCUT2D eigenvalue weighted by molar-refractivity contribution is -0.146. The van der Waals surface area contributed by atoms with Crippen molar-refractivity contribution < 1.29 is 27.6 Å². The predicted molar refractivity (Wildman–Crippen MR) is 72.2 cm³/mol. The molecule has 0 spiro atoms. The van der Waals surface area contributed by atoms with Gasteiger partial charge in [0.25, 0.3) is 21.8 Å². The largest absolute Gasteiger partial charge is 0.291 e. The van der Waals surface area contributed by atoms with Gasteiger partial charge in [-0.1, -0.05) is 12.1 Å². The number of carbonyl (C=O) groups excluding carboxylic acids is 4. The van der Waals surface area contributed by atoms with Crippen molar-refractivity contribution in [1.82, 2.24) is 4.31 Å². The summed E-state index contributed by atoms with van der Waals surface area (Å²) in [4.78, 5) is 47.6. The second kappa shape index (κ2) is 4.84. The molecule has 1 atom stereocenters. The molecular weight excluding hydrogens is 310 g/mol. The van der Waals surface area contributed by atoms with Crippen molar-refractivity contribution in [1.29, 1.82) is 0 Å². The minimum absolute atomic E-state index is 0.0452. The maximum absolute atomic E-state index is 12.4. The van der Waals surface area contributed by atoms with Gasteiger partial charge in [-0.3, -0.25) is 19.2 Å². The number of ketones is 2. The molecule has 2 aliphatic rings. The highest BCUT2D eigenvalue weighted by Gasteiger charge is 2.49. The van der Waals surface area contributed by atoms with Crippen molar-refractivity contribution in [2.24, 2.45) is 5.92 Å². The van der Waals surface area contributed by atoms with Gasteiger partial charge in [0.15, 0.2) is 5.78 Å². The van der Waals surface area contributed by atoms with Crippen molar-refractivity contribution in [3.63, 3.8) is 0 Å². The van der Waals surface area contributed by atoms with Crippen LogP contribution in [0.25, 0.3) is 0 Å². The van der Waals surface area contributed by atoms with Crippen molar-refractivity contribution in [2.75, 3.05) is 0 Å². The molecule has 1 aromatic carbocycles. The minimum atomic E-state index is -4.31. The number of benzene rings is 1. The Kier molecular flexibility index (Phi) is 3.21. The van der Waals surface area contributed by atoms with Gasteiger partial charge >= 0.3 is 0 Å². The molecule has 1 saturated carbocycles. The van der Waals surface area contributed by atoms with E-state index in [0.717, 1.165) is 0 Å². The van der Waals surface area contributed by atoms with Gasteiger partial charge in [-0.05, 0) is 25.0 Å². The van der Waals surface area contributed by atoms with Gasteiger partial charge in [-0.15, -0.1) is 0 Å². The topological polar surface area (TPSA) is 106 Å². The summed E-state index contributed by atoms with van der Waals surface area (Å²) in [6.07, 6.45) is 0.429. The second-order valence-corrected chi connectivity index (χ2v) is 6.90. The molecule has 0 N–H and O–H groups in total. The van der Waals surface area contributed by atoms with Crippen LogP contribution in [0.15, 0.2) is 29.2 Å². The number of amides is 2. The van der Waals surface area contributed by atoms with Crippen LogP contribution in [-0.2, 0) is 24.4 Å². The van der Waals surface area contributed by atoms with E-state index >= 15 is 0 Å². The van der Waals surface area contributed by atoms with Gasteiger partial charge in [0.1, 0.15) is 10.8 Å². The third-order valence-electron chi connectivity index (χ3n) is 3.81. The first-order chi connectivity index (χ1) is 10.4. The van der Waals surface area contributed by atoms with E-state index in [9.17, 15) is 27.6 Å². The van der Waals surface area contributed by atoms with Crippen LogP contribution in [-0.4, -0.2) is 36.1 Å². The van der Waals surface area contributed by atoms with Gasteiger partial charge in [-0.25, -0.2) is 8.42 Å². The van der Waals surface area contributed by atoms with E-state index in [0.29, 0.717) is 6.42 Å². The summed E-state index contributed by atoms with van der Waals surface area (Å²) < 4.78 is 24.8. The molecule has 1 fully saturated rings. The Morgan fingerprint density at radius 2 is 1.82 bits per heavy atom. The number of Topliss-reactive ketones (excluding diaryl/α,β-unsaturated/α-hetero) is 2. The Hall–Kier alpha value is -2.35. The molecule has 1 aliphatic heterocycles. The van der Waals surface area contributed by atoms with Crippen LogP contribution in [0.1, 0.15) is 29.6 Å². The van der Waals surface area contributed by atoms with E-state index in [1.807, 2.05) is 0 Å². The molecule has 114 valence electrons. The Morgan fingerprint density at radius 3 is 2.50 bits per heavy atom. The summed E-state index contributed by atoms with van der Waals surface area (Å²) >= 11 is 0. The van der Waals surface area contributed by atoms with Gasteiger partial charge < -0.3 is 0 Å². The fraction of sp³-hybridized carbons (Fsp3) is 0.286. The van der Waals surface area contributed by atoms with Crippen LogP contribution in [0, 0.1) is 5.92 Å². The highest BCUT2D eigenvalue weighted by Crippen LogP contribution is 2.33. The zero-order chi connectivity index (χ0) is 16.1. The fourth-order valence-electron chi connectivity index (χ4n) is 2.70. The molecule has 0 radical (unpaired) electrons. The summed E-state index contributed by atoms with van der Waals surface area (Å²) in [6.45, 7) is 0. The van der Waals surface area contributed by atoms with Gasteiger partial charge in [-0.2, -0.15) is 4.31 Å². The molecule has 1 heterocycles. The smallest absolute Gasteiger partial charge is 0.276 e. The van der Waals surface area contributed by atoms with Crippen LogP contribution in [0.3, 0.4) is 0 Å². The first kappa shape index (κ1) is 14.6. The molecule has 7 nitrogen and oxygen atoms in total.